The van der Waals surface area contributed by atoms with Crippen LogP contribution >= 0.6 is 0 Å². The highest BCUT2D eigenvalue weighted by Crippen LogP contribution is 2.17. The summed E-state index contributed by atoms with van der Waals surface area (Å²) >= 11 is 0. The van der Waals surface area contributed by atoms with Gasteiger partial charge in [0.1, 0.15) is 13.2 Å². The fraction of sp³-hybridized carbons (Fsp3) is 0.803. The molecule has 1 atom stereocenters. The highest BCUT2D eigenvalue weighted by molar-refractivity contribution is 5.71. The molecule has 0 aromatic rings. The average molecular weight is 1010 g/mol. The van der Waals surface area contributed by atoms with Crippen molar-refractivity contribution in [2.45, 2.75) is 329 Å². The quantitative estimate of drug-likeness (QED) is 0.0261. The van der Waals surface area contributed by atoms with Gasteiger partial charge in [0.25, 0.3) is 0 Å². The lowest BCUT2D eigenvalue weighted by atomic mass is 10.0. The van der Waals surface area contributed by atoms with E-state index >= 15 is 0 Å². The van der Waals surface area contributed by atoms with Gasteiger partial charge in [-0.3, -0.25) is 14.4 Å². The van der Waals surface area contributed by atoms with E-state index in [1.807, 2.05) is 0 Å². The van der Waals surface area contributed by atoms with Crippen LogP contribution in [0.5, 0.6) is 0 Å². The molecule has 0 bridgehead atoms. The van der Waals surface area contributed by atoms with E-state index in [0.717, 1.165) is 64.2 Å². The third kappa shape index (κ3) is 58.0. The highest BCUT2D eigenvalue weighted by Gasteiger charge is 2.19. The van der Waals surface area contributed by atoms with E-state index in [9.17, 15) is 14.4 Å². The normalized spacial score (nSPS) is 12.4. The molecule has 0 saturated carbocycles. The topological polar surface area (TPSA) is 78.9 Å². The molecule has 1 unspecified atom stereocenters. The third-order valence-electron chi connectivity index (χ3n) is 13.7. The number of carbonyl (C=O) groups excluding carboxylic acids is 3. The maximum Gasteiger partial charge on any atom is 0.306 e. The summed E-state index contributed by atoms with van der Waals surface area (Å²) in [5.41, 5.74) is 0. The van der Waals surface area contributed by atoms with Crippen molar-refractivity contribution in [1.29, 1.82) is 0 Å². The first-order valence-corrected chi connectivity index (χ1v) is 31.3. The Kier molecular flexibility index (Phi) is 58.2. The maximum atomic E-state index is 12.9. The molecule has 0 N–H and O–H groups in total. The van der Waals surface area contributed by atoms with Crippen LogP contribution in [0.15, 0.2) is 60.8 Å². The van der Waals surface area contributed by atoms with Crippen LogP contribution in [0, 0.1) is 0 Å². The van der Waals surface area contributed by atoms with Crippen molar-refractivity contribution in [3.63, 3.8) is 0 Å². The smallest absolute Gasteiger partial charge is 0.306 e. The molecular weight excluding hydrogens is 889 g/mol. The van der Waals surface area contributed by atoms with E-state index in [-0.39, 0.29) is 37.5 Å². The zero-order valence-electron chi connectivity index (χ0n) is 47.9. The van der Waals surface area contributed by atoms with Gasteiger partial charge in [-0.05, 0) is 83.5 Å². The molecule has 72 heavy (non-hydrogen) atoms. The summed E-state index contributed by atoms with van der Waals surface area (Å²) in [6.45, 7) is 6.61. The Hall–Kier alpha value is -2.89. The molecule has 0 radical (unpaired) electrons. The second kappa shape index (κ2) is 60.7. The van der Waals surface area contributed by atoms with Crippen molar-refractivity contribution in [3.05, 3.63) is 60.8 Å². The van der Waals surface area contributed by atoms with Crippen LogP contribution in [0.4, 0.5) is 0 Å². The van der Waals surface area contributed by atoms with Crippen LogP contribution in [-0.2, 0) is 28.6 Å². The Balaban J connectivity index is 4.42. The van der Waals surface area contributed by atoms with Gasteiger partial charge >= 0.3 is 17.9 Å². The van der Waals surface area contributed by atoms with E-state index in [2.05, 4.69) is 81.5 Å². The lowest BCUT2D eigenvalue weighted by Crippen LogP contribution is -2.30. The summed E-state index contributed by atoms with van der Waals surface area (Å²) in [5, 5.41) is 0. The van der Waals surface area contributed by atoms with Crippen LogP contribution in [0.2, 0.25) is 0 Å². The Bertz CT molecular complexity index is 1290. The number of rotatable bonds is 57. The van der Waals surface area contributed by atoms with Crippen molar-refractivity contribution < 1.29 is 28.6 Å². The molecule has 0 aliphatic heterocycles. The first kappa shape index (κ1) is 69.1. The molecule has 418 valence electrons. The molecule has 6 nitrogen and oxygen atoms in total. The second-order valence-corrected chi connectivity index (χ2v) is 21.0. The van der Waals surface area contributed by atoms with Crippen LogP contribution in [0.25, 0.3) is 0 Å². The van der Waals surface area contributed by atoms with Crippen molar-refractivity contribution in [2.24, 2.45) is 0 Å². The van der Waals surface area contributed by atoms with Gasteiger partial charge in [0.15, 0.2) is 6.10 Å². The van der Waals surface area contributed by atoms with E-state index < -0.39 is 6.10 Å². The summed E-state index contributed by atoms with van der Waals surface area (Å²) in [4.78, 5) is 38.3. The molecule has 0 spiro atoms. The van der Waals surface area contributed by atoms with Crippen LogP contribution in [-0.4, -0.2) is 37.2 Å². The van der Waals surface area contributed by atoms with Gasteiger partial charge in [-0.15, -0.1) is 0 Å². The highest BCUT2D eigenvalue weighted by atomic mass is 16.6. The zero-order chi connectivity index (χ0) is 52.2. The maximum absolute atomic E-state index is 12.9. The second-order valence-electron chi connectivity index (χ2n) is 21.0. The number of ether oxygens (including phenoxy) is 3. The SMILES string of the molecule is CCCCC/C=C\C/C=C\C/C=C\C/C=C\CCCC(=O)OCC(COC(=O)CCCCCCCCC/C=C\CCCCCCCCCC)OC(=O)CCCCCCCCCCCCCCCCCCCC. The summed E-state index contributed by atoms with van der Waals surface area (Å²) in [7, 11) is 0. The summed E-state index contributed by atoms with van der Waals surface area (Å²) in [6, 6.07) is 0. The number of unbranched alkanes of at least 4 members (excludes halogenated alkanes) is 36. The van der Waals surface area contributed by atoms with Crippen LogP contribution in [0.3, 0.4) is 0 Å². The minimum Gasteiger partial charge on any atom is -0.462 e. The lowest BCUT2D eigenvalue weighted by Gasteiger charge is -2.18. The minimum absolute atomic E-state index is 0.0905. The van der Waals surface area contributed by atoms with E-state index in [1.165, 1.54) is 212 Å². The summed E-state index contributed by atoms with van der Waals surface area (Å²) < 4.78 is 16.9. The van der Waals surface area contributed by atoms with Crippen molar-refractivity contribution in [3.8, 4) is 0 Å². The Morgan fingerprint density at radius 3 is 0.875 bits per heavy atom. The molecule has 0 rings (SSSR count). The molecule has 0 saturated heterocycles. The molecule has 6 heteroatoms. The molecule has 0 fully saturated rings. The molecule has 0 amide bonds. The first-order valence-electron chi connectivity index (χ1n) is 31.3. The monoisotopic (exact) mass is 1010 g/mol. The number of allylic oxidation sites excluding steroid dienone is 10. The van der Waals surface area contributed by atoms with Crippen LogP contribution < -0.4 is 0 Å². The van der Waals surface area contributed by atoms with Crippen molar-refractivity contribution >= 4 is 17.9 Å². The lowest BCUT2D eigenvalue weighted by molar-refractivity contribution is -0.167. The molecule has 0 aromatic carbocycles. The van der Waals surface area contributed by atoms with Crippen molar-refractivity contribution in [1.82, 2.24) is 0 Å². The molecule has 0 aliphatic carbocycles. The van der Waals surface area contributed by atoms with E-state index in [4.69, 9.17) is 14.2 Å². The van der Waals surface area contributed by atoms with Gasteiger partial charge < -0.3 is 14.2 Å². The number of carbonyl (C=O) groups is 3. The fourth-order valence-electron chi connectivity index (χ4n) is 9.02. The molecule has 0 aromatic heterocycles. The molecule has 0 heterocycles. The molecular formula is C66H118O6. The van der Waals surface area contributed by atoms with Gasteiger partial charge in [0, 0.05) is 19.3 Å². The predicted molar refractivity (Wildman–Crippen MR) is 312 cm³/mol. The minimum atomic E-state index is -0.797. The largest absolute Gasteiger partial charge is 0.462 e. The van der Waals surface area contributed by atoms with E-state index in [0.29, 0.717) is 19.3 Å². The van der Waals surface area contributed by atoms with Gasteiger partial charge in [-0.1, -0.05) is 281 Å². The predicted octanol–water partition coefficient (Wildman–Crippen LogP) is 21.2. The van der Waals surface area contributed by atoms with Gasteiger partial charge in [0.05, 0.1) is 0 Å². The fourth-order valence-corrected chi connectivity index (χ4v) is 9.02. The average Bonchev–Trinajstić information content (AvgIpc) is 3.38. The molecule has 0 aliphatic rings. The summed E-state index contributed by atoms with van der Waals surface area (Å²) in [6.07, 6.45) is 76.5. The Morgan fingerprint density at radius 2 is 0.514 bits per heavy atom. The zero-order valence-corrected chi connectivity index (χ0v) is 47.9. The Morgan fingerprint density at radius 1 is 0.278 bits per heavy atom. The third-order valence-corrected chi connectivity index (χ3v) is 13.7. The van der Waals surface area contributed by atoms with E-state index in [1.54, 1.807) is 0 Å². The van der Waals surface area contributed by atoms with Gasteiger partial charge in [-0.2, -0.15) is 0 Å². The standard InChI is InChI=1S/C66H118O6/c1-4-7-10-13-16-19-22-25-28-31-33-36-38-41-44-47-50-53-56-59-65(68)71-62-63(61-70-64(67)58-55-52-49-46-43-40-37-34-30-27-24-21-18-15-12-9-6-3)72-66(69)60-57-54-51-48-45-42-39-35-32-29-26-23-20-17-14-11-8-5-2/h18,21,27,30-31,33,37,40,46,49,63H,4-17,19-20,22-26,28-29,32,34-36,38-39,41-45,47-48,50-62H2,1-3H3/b21-18-,30-27-,33-31-,40-37-,49-46-. The Labute approximate surface area is 447 Å². The van der Waals surface area contributed by atoms with Gasteiger partial charge in [-0.25, -0.2) is 0 Å². The summed E-state index contributed by atoms with van der Waals surface area (Å²) in [5.74, 6) is -0.935. The number of hydrogen-bond acceptors (Lipinski definition) is 6. The number of esters is 3. The first-order chi connectivity index (χ1) is 35.5. The number of hydrogen-bond donors (Lipinski definition) is 0. The van der Waals surface area contributed by atoms with Crippen LogP contribution in [0.1, 0.15) is 323 Å². The van der Waals surface area contributed by atoms with Crippen molar-refractivity contribution in [2.75, 3.05) is 13.2 Å². The van der Waals surface area contributed by atoms with Gasteiger partial charge in [0.2, 0.25) is 0 Å².